The molecular weight excluding hydrogens is 338 g/mol. The maximum absolute atomic E-state index is 6.31. The Morgan fingerprint density at radius 1 is 1.15 bits per heavy atom. The van der Waals surface area contributed by atoms with Crippen molar-refractivity contribution in [3.8, 4) is 0 Å². The number of fused-ring (bicyclic) bond motifs is 1. The molecule has 4 heteroatoms. The second kappa shape index (κ2) is 5.24. The molecule has 102 valence electrons. The first-order valence-electron chi connectivity index (χ1n) is 6.24. The van der Waals surface area contributed by atoms with Gasteiger partial charge in [0, 0.05) is 14.9 Å². The lowest BCUT2D eigenvalue weighted by molar-refractivity contribution is 0.525. The molecule has 0 saturated carbocycles. The first kappa shape index (κ1) is 13.7. The van der Waals surface area contributed by atoms with Gasteiger partial charge in [0.05, 0.1) is 6.04 Å². The molecule has 1 heterocycles. The van der Waals surface area contributed by atoms with Gasteiger partial charge in [-0.3, -0.25) is 0 Å². The smallest absolute Gasteiger partial charge is 0.134 e. The maximum atomic E-state index is 6.31. The Morgan fingerprint density at radius 2 is 1.95 bits per heavy atom. The summed E-state index contributed by atoms with van der Waals surface area (Å²) in [5.41, 5.74) is 9.28. The molecular formula is C16H13BrClNO. The summed E-state index contributed by atoms with van der Waals surface area (Å²) in [6.07, 6.45) is 0. The van der Waals surface area contributed by atoms with Gasteiger partial charge in [-0.25, -0.2) is 0 Å². The summed E-state index contributed by atoms with van der Waals surface area (Å²) in [7, 11) is 0. The van der Waals surface area contributed by atoms with Crippen LogP contribution >= 0.6 is 27.5 Å². The van der Waals surface area contributed by atoms with Crippen LogP contribution in [-0.2, 0) is 0 Å². The van der Waals surface area contributed by atoms with E-state index in [4.69, 9.17) is 21.8 Å². The van der Waals surface area contributed by atoms with Crippen molar-refractivity contribution in [2.45, 2.75) is 13.0 Å². The van der Waals surface area contributed by atoms with E-state index in [1.54, 1.807) is 0 Å². The van der Waals surface area contributed by atoms with E-state index in [0.717, 1.165) is 32.3 Å². The van der Waals surface area contributed by atoms with E-state index in [9.17, 15) is 0 Å². The zero-order valence-electron chi connectivity index (χ0n) is 10.9. The minimum Gasteiger partial charge on any atom is -0.459 e. The van der Waals surface area contributed by atoms with Gasteiger partial charge in [0.25, 0.3) is 0 Å². The maximum Gasteiger partial charge on any atom is 0.134 e. The van der Waals surface area contributed by atoms with Crippen LogP contribution in [0.3, 0.4) is 0 Å². The number of furan rings is 1. The number of nitrogens with two attached hydrogens (primary N) is 1. The van der Waals surface area contributed by atoms with Gasteiger partial charge in [-0.1, -0.05) is 33.6 Å². The molecule has 1 aromatic heterocycles. The number of benzene rings is 2. The molecule has 0 aliphatic carbocycles. The Hall–Kier alpha value is -1.29. The minimum absolute atomic E-state index is 0.294. The fourth-order valence-corrected chi connectivity index (χ4v) is 3.10. The fourth-order valence-electron chi connectivity index (χ4n) is 2.30. The van der Waals surface area contributed by atoms with Crippen molar-refractivity contribution < 1.29 is 4.42 Å². The monoisotopic (exact) mass is 349 g/mol. The van der Waals surface area contributed by atoms with Crippen molar-refractivity contribution in [1.82, 2.24) is 0 Å². The molecule has 0 radical (unpaired) electrons. The lowest BCUT2D eigenvalue weighted by atomic mass is 10.0. The number of rotatable bonds is 2. The molecule has 0 bridgehead atoms. The van der Waals surface area contributed by atoms with E-state index in [-0.39, 0.29) is 6.04 Å². The average molecular weight is 351 g/mol. The van der Waals surface area contributed by atoms with Crippen molar-refractivity contribution in [2.75, 3.05) is 0 Å². The predicted octanol–water partition coefficient (Wildman–Crippen LogP) is 5.21. The second-order valence-electron chi connectivity index (χ2n) is 4.87. The van der Waals surface area contributed by atoms with Crippen LogP contribution in [0.1, 0.15) is 22.9 Å². The molecule has 2 N–H and O–H groups in total. The van der Waals surface area contributed by atoms with E-state index < -0.39 is 0 Å². The van der Waals surface area contributed by atoms with Gasteiger partial charge in [-0.15, -0.1) is 0 Å². The zero-order valence-corrected chi connectivity index (χ0v) is 13.2. The second-order valence-corrected chi connectivity index (χ2v) is 6.22. The normalized spacial score (nSPS) is 12.8. The quantitative estimate of drug-likeness (QED) is 0.689. The summed E-state index contributed by atoms with van der Waals surface area (Å²) in [5, 5.41) is 1.66. The summed E-state index contributed by atoms with van der Waals surface area (Å²) in [4.78, 5) is 0. The minimum atomic E-state index is -0.294. The summed E-state index contributed by atoms with van der Waals surface area (Å²) < 4.78 is 6.84. The van der Waals surface area contributed by atoms with Gasteiger partial charge >= 0.3 is 0 Å². The van der Waals surface area contributed by atoms with Crippen molar-refractivity contribution in [1.29, 1.82) is 0 Å². The fraction of sp³-hybridized carbons (Fsp3) is 0.125. The molecule has 3 aromatic rings. The molecule has 0 aliphatic rings. The zero-order chi connectivity index (χ0) is 14.3. The van der Waals surface area contributed by atoms with Gasteiger partial charge in [0.15, 0.2) is 0 Å². The van der Waals surface area contributed by atoms with Crippen molar-refractivity contribution >= 4 is 38.5 Å². The molecule has 0 aliphatic heterocycles. The summed E-state index contributed by atoms with van der Waals surface area (Å²) in [6, 6.07) is 13.3. The number of hydrogen-bond donors (Lipinski definition) is 1. The van der Waals surface area contributed by atoms with Gasteiger partial charge < -0.3 is 10.2 Å². The van der Waals surface area contributed by atoms with E-state index in [1.165, 1.54) is 0 Å². The third-order valence-electron chi connectivity index (χ3n) is 3.23. The third-order valence-corrected chi connectivity index (χ3v) is 3.92. The first-order valence-corrected chi connectivity index (χ1v) is 7.42. The first-order chi connectivity index (χ1) is 9.52. The molecule has 3 rings (SSSR count). The Labute approximate surface area is 130 Å². The average Bonchev–Trinajstić information content (AvgIpc) is 2.79. The molecule has 2 aromatic carbocycles. The van der Waals surface area contributed by atoms with Crippen molar-refractivity contribution in [3.05, 3.63) is 68.8 Å². The van der Waals surface area contributed by atoms with Crippen LogP contribution in [0.15, 0.2) is 51.4 Å². The van der Waals surface area contributed by atoms with Crippen LogP contribution in [0, 0.1) is 6.92 Å². The number of aryl methyl sites for hydroxylation is 1. The van der Waals surface area contributed by atoms with Crippen LogP contribution in [-0.4, -0.2) is 0 Å². The Morgan fingerprint density at radius 3 is 2.70 bits per heavy atom. The Bertz CT molecular complexity index is 761. The van der Waals surface area contributed by atoms with Crippen LogP contribution in [0.2, 0.25) is 5.02 Å². The Kier molecular flexibility index (Phi) is 3.59. The largest absolute Gasteiger partial charge is 0.459 e. The molecule has 0 spiro atoms. The van der Waals surface area contributed by atoms with Crippen LogP contribution < -0.4 is 5.73 Å². The van der Waals surface area contributed by atoms with Gasteiger partial charge in [0.1, 0.15) is 11.3 Å². The molecule has 0 amide bonds. The van der Waals surface area contributed by atoms with E-state index in [1.807, 2.05) is 37.3 Å². The van der Waals surface area contributed by atoms with Crippen LogP contribution in [0.5, 0.6) is 0 Å². The molecule has 0 fully saturated rings. The Balaban J connectivity index is 2.05. The SMILES string of the molecule is Cc1cc(Br)cc(C(N)c2cc3cc(Cl)ccc3o2)c1. The topological polar surface area (TPSA) is 39.2 Å². The van der Waals surface area contributed by atoms with Crippen LogP contribution in [0.25, 0.3) is 11.0 Å². The third kappa shape index (κ3) is 2.62. The summed E-state index contributed by atoms with van der Waals surface area (Å²) in [5.74, 6) is 0.736. The van der Waals surface area contributed by atoms with Gasteiger partial charge in [-0.2, -0.15) is 0 Å². The van der Waals surface area contributed by atoms with E-state index in [2.05, 4.69) is 28.1 Å². The highest BCUT2D eigenvalue weighted by Gasteiger charge is 2.15. The summed E-state index contributed by atoms with van der Waals surface area (Å²) >= 11 is 9.48. The highest BCUT2D eigenvalue weighted by atomic mass is 79.9. The molecule has 1 atom stereocenters. The number of halogens is 2. The molecule has 1 unspecified atom stereocenters. The lowest BCUT2D eigenvalue weighted by Crippen LogP contribution is -2.11. The highest BCUT2D eigenvalue weighted by Crippen LogP contribution is 2.30. The van der Waals surface area contributed by atoms with Gasteiger partial charge in [0.2, 0.25) is 0 Å². The standard InChI is InChI=1S/C16H13BrClNO/c1-9-4-11(6-12(17)5-9)16(19)15-8-10-7-13(18)2-3-14(10)20-15/h2-8,16H,19H2,1H3. The van der Waals surface area contributed by atoms with Crippen LogP contribution in [0.4, 0.5) is 0 Å². The summed E-state index contributed by atoms with van der Waals surface area (Å²) in [6.45, 7) is 2.04. The van der Waals surface area contributed by atoms with E-state index in [0.29, 0.717) is 5.02 Å². The van der Waals surface area contributed by atoms with E-state index >= 15 is 0 Å². The lowest BCUT2D eigenvalue weighted by Gasteiger charge is -2.10. The van der Waals surface area contributed by atoms with Crippen molar-refractivity contribution in [3.63, 3.8) is 0 Å². The predicted molar refractivity (Wildman–Crippen MR) is 86.1 cm³/mol. The highest BCUT2D eigenvalue weighted by molar-refractivity contribution is 9.10. The number of hydrogen-bond acceptors (Lipinski definition) is 2. The molecule has 2 nitrogen and oxygen atoms in total. The van der Waals surface area contributed by atoms with Crippen molar-refractivity contribution in [2.24, 2.45) is 5.73 Å². The van der Waals surface area contributed by atoms with Gasteiger partial charge in [-0.05, 0) is 54.4 Å². The molecule has 0 saturated heterocycles. The molecule has 20 heavy (non-hydrogen) atoms.